The molecular formula is C40H24. The van der Waals surface area contributed by atoms with Gasteiger partial charge < -0.3 is 0 Å². The fraction of sp³-hybridized carbons (Fsp3) is 0. The van der Waals surface area contributed by atoms with Gasteiger partial charge in [-0.15, -0.1) is 0 Å². The van der Waals surface area contributed by atoms with E-state index in [2.05, 4.69) is 146 Å². The highest BCUT2D eigenvalue weighted by molar-refractivity contribution is 6.29. The van der Waals surface area contributed by atoms with E-state index in [-0.39, 0.29) is 0 Å². The minimum absolute atomic E-state index is 1.26. The largest absolute Gasteiger partial charge is 0.0616 e. The Morgan fingerprint density at radius 3 is 1.77 bits per heavy atom. The van der Waals surface area contributed by atoms with Crippen molar-refractivity contribution in [3.8, 4) is 44.5 Å². The van der Waals surface area contributed by atoms with Crippen molar-refractivity contribution >= 4 is 43.1 Å². The van der Waals surface area contributed by atoms with Crippen LogP contribution in [0.15, 0.2) is 146 Å². The minimum Gasteiger partial charge on any atom is -0.0616 e. The SMILES string of the molecule is c1ccc2cc(-c3c4ccccc4c4c5c(cccc35)-c3cc(-c5cccc6ccccc56)ccc3-4)ccc2c1. The second kappa shape index (κ2) is 8.15. The molecule has 1 aliphatic rings. The first-order valence-corrected chi connectivity index (χ1v) is 13.9. The van der Waals surface area contributed by atoms with E-state index in [4.69, 9.17) is 0 Å². The molecule has 0 amide bonds. The van der Waals surface area contributed by atoms with Crippen molar-refractivity contribution in [2.45, 2.75) is 0 Å². The maximum Gasteiger partial charge on any atom is -0.00137 e. The zero-order chi connectivity index (χ0) is 26.2. The Bertz CT molecular complexity index is 2310. The third kappa shape index (κ3) is 2.96. The Balaban J connectivity index is 1.35. The van der Waals surface area contributed by atoms with Gasteiger partial charge in [0.05, 0.1) is 0 Å². The molecule has 0 saturated carbocycles. The lowest BCUT2D eigenvalue weighted by Gasteiger charge is -2.16. The number of rotatable bonds is 2. The van der Waals surface area contributed by atoms with Gasteiger partial charge in [-0.1, -0.05) is 133 Å². The van der Waals surface area contributed by atoms with E-state index >= 15 is 0 Å². The van der Waals surface area contributed by atoms with Crippen LogP contribution in [0.3, 0.4) is 0 Å². The normalized spacial score (nSPS) is 12.0. The molecule has 9 rings (SSSR count). The van der Waals surface area contributed by atoms with E-state index in [1.54, 1.807) is 0 Å². The molecule has 0 fully saturated rings. The summed E-state index contributed by atoms with van der Waals surface area (Å²) >= 11 is 0. The minimum atomic E-state index is 1.26. The van der Waals surface area contributed by atoms with Crippen molar-refractivity contribution in [2.75, 3.05) is 0 Å². The van der Waals surface area contributed by atoms with Gasteiger partial charge in [0, 0.05) is 0 Å². The number of fused-ring (bicyclic) bond motifs is 7. The summed E-state index contributed by atoms with van der Waals surface area (Å²) in [6.07, 6.45) is 0. The Morgan fingerprint density at radius 2 is 0.900 bits per heavy atom. The molecule has 0 saturated heterocycles. The standard InChI is InChI=1S/C40H24/c1-2-11-27-23-29(20-19-25(27)9-1)38-32-14-5-6-15-33(32)39-35-22-21-28(24-37(35)34-17-8-18-36(38)40(34)39)31-16-7-12-26-10-3-4-13-30(26)31/h1-24H. The summed E-state index contributed by atoms with van der Waals surface area (Å²) in [5.41, 5.74) is 10.5. The van der Waals surface area contributed by atoms with Crippen molar-refractivity contribution in [1.82, 2.24) is 0 Å². The van der Waals surface area contributed by atoms with Crippen LogP contribution in [0.4, 0.5) is 0 Å². The van der Waals surface area contributed by atoms with E-state index in [9.17, 15) is 0 Å². The van der Waals surface area contributed by atoms with E-state index in [0.717, 1.165) is 0 Å². The molecule has 0 atom stereocenters. The predicted molar refractivity (Wildman–Crippen MR) is 172 cm³/mol. The molecule has 0 heterocycles. The quantitative estimate of drug-likeness (QED) is 0.205. The van der Waals surface area contributed by atoms with E-state index < -0.39 is 0 Å². The van der Waals surface area contributed by atoms with Gasteiger partial charge >= 0.3 is 0 Å². The molecule has 8 aromatic carbocycles. The van der Waals surface area contributed by atoms with Gasteiger partial charge in [-0.2, -0.15) is 0 Å². The van der Waals surface area contributed by atoms with Crippen LogP contribution < -0.4 is 0 Å². The topological polar surface area (TPSA) is 0 Å². The summed E-state index contributed by atoms with van der Waals surface area (Å²) < 4.78 is 0. The molecule has 1 aliphatic carbocycles. The molecule has 0 spiro atoms. The molecule has 40 heavy (non-hydrogen) atoms. The molecule has 0 radical (unpaired) electrons. The third-order valence-corrected chi connectivity index (χ3v) is 8.77. The first-order valence-electron chi connectivity index (χ1n) is 13.9. The highest BCUT2D eigenvalue weighted by Crippen LogP contribution is 2.54. The molecule has 0 nitrogen and oxygen atoms in total. The summed E-state index contributed by atoms with van der Waals surface area (Å²) in [5, 5.41) is 10.4. The van der Waals surface area contributed by atoms with Gasteiger partial charge in [-0.3, -0.25) is 0 Å². The van der Waals surface area contributed by atoms with Crippen molar-refractivity contribution < 1.29 is 0 Å². The van der Waals surface area contributed by atoms with Crippen LogP contribution in [0.25, 0.3) is 87.6 Å². The van der Waals surface area contributed by atoms with Crippen molar-refractivity contribution in [3.05, 3.63) is 146 Å². The number of benzene rings is 8. The van der Waals surface area contributed by atoms with Gasteiger partial charge in [-0.05, 0) is 99.7 Å². The van der Waals surface area contributed by atoms with Crippen molar-refractivity contribution in [2.24, 2.45) is 0 Å². The maximum absolute atomic E-state index is 2.41. The van der Waals surface area contributed by atoms with Crippen LogP contribution in [-0.2, 0) is 0 Å². The van der Waals surface area contributed by atoms with E-state index in [0.29, 0.717) is 0 Å². The monoisotopic (exact) mass is 504 g/mol. The van der Waals surface area contributed by atoms with Gasteiger partial charge in [-0.25, -0.2) is 0 Å². The van der Waals surface area contributed by atoms with Gasteiger partial charge in [0.2, 0.25) is 0 Å². The molecule has 0 aliphatic heterocycles. The average Bonchev–Trinajstić information content (AvgIpc) is 3.36. The maximum atomic E-state index is 2.41. The highest BCUT2D eigenvalue weighted by atomic mass is 14.3. The van der Waals surface area contributed by atoms with Crippen LogP contribution in [0.2, 0.25) is 0 Å². The Labute approximate surface area is 232 Å². The summed E-state index contributed by atoms with van der Waals surface area (Å²) in [5.74, 6) is 0. The summed E-state index contributed by atoms with van der Waals surface area (Å²) in [4.78, 5) is 0. The molecule has 0 aromatic heterocycles. The van der Waals surface area contributed by atoms with E-state index in [1.165, 1.54) is 87.6 Å². The second-order valence-electron chi connectivity index (χ2n) is 10.9. The average molecular weight is 505 g/mol. The lowest BCUT2D eigenvalue weighted by atomic mass is 9.87. The highest BCUT2D eigenvalue weighted by Gasteiger charge is 2.26. The molecule has 184 valence electrons. The lowest BCUT2D eigenvalue weighted by molar-refractivity contribution is 1.65. The first kappa shape index (κ1) is 21.7. The molecule has 0 heteroatoms. The Hall–Kier alpha value is -5.20. The first-order chi connectivity index (χ1) is 19.8. The van der Waals surface area contributed by atoms with Gasteiger partial charge in [0.1, 0.15) is 0 Å². The lowest BCUT2D eigenvalue weighted by Crippen LogP contribution is -1.88. The molecular weight excluding hydrogens is 480 g/mol. The number of hydrogen-bond acceptors (Lipinski definition) is 0. The van der Waals surface area contributed by atoms with Crippen molar-refractivity contribution in [1.29, 1.82) is 0 Å². The van der Waals surface area contributed by atoms with Crippen LogP contribution in [-0.4, -0.2) is 0 Å². The third-order valence-electron chi connectivity index (χ3n) is 8.77. The number of hydrogen-bond donors (Lipinski definition) is 0. The zero-order valence-corrected chi connectivity index (χ0v) is 21.9. The Morgan fingerprint density at radius 1 is 0.275 bits per heavy atom. The van der Waals surface area contributed by atoms with Gasteiger partial charge in [0.15, 0.2) is 0 Å². The molecule has 0 N–H and O–H groups in total. The van der Waals surface area contributed by atoms with E-state index in [1.807, 2.05) is 0 Å². The zero-order valence-electron chi connectivity index (χ0n) is 21.9. The molecule has 0 bridgehead atoms. The smallest absolute Gasteiger partial charge is 0.00137 e. The fourth-order valence-corrected chi connectivity index (χ4v) is 7.02. The predicted octanol–water partition coefficient (Wildman–Crippen LogP) is 11.3. The molecule has 8 aromatic rings. The summed E-state index contributed by atoms with van der Waals surface area (Å²) in [6, 6.07) is 53.7. The van der Waals surface area contributed by atoms with Gasteiger partial charge in [0.25, 0.3) is 0 Å². The second-order valence-corrected chi connectivity index (χ2v) is 10.9. The summed E-state index contributed by atoms with van der Waals surface area (Å²) in [7, 11) is 0. The van der Waals surface area contributed by atoms with Crippen LogP contribution in [0.1, 0.15) is 0 Å². The molecule has 0 unspecified atom stereocenters. The Kier molecular flexibility index (Phi) is 4.42. The fourth-order valence-electron chi connectivity index (χ4n) is 7.02. The summed E-state index contributed by atoms with van der Waals surface area (Å²) in [6.45, 7) is 0. The van der Waals surface area contributed by atoms with Crippen LogP contribution in [0, 0.1) is 0 Å². The van der Waals surface area contributed by atoms with Crippen LogP contribution in [0.5, 0.6) is 0 Å². The van der Waals surface area contributed by atoms with Crippen molar-refractivity contribution in [3.63, 3.8) is 0 Å². The van der Waals surface area contributed by atoms with Crippen LogP contribution >= 0.6 is 0 Å².